The van der Waals surface area contributed by atoms with E-state index in [1.54, 1.807) is 12.1 Å². The predicted molar refractivity (Wildman–Crippen MR) is 223 cm³/mol. The number of carbonyl (C=O) groups excluding carboxylic acids is 2. The minimum Gasteiger partial charge on any atom is -0.394 e. The van der Waals surface area contributed by atoms with Gasteiger partial charge in [-0.15, -0.1) is 24.8 Å². The average Bonchev–Trinajstić information content (AvgIpc) is 3.16. The van der Waals surface area contributed by atoms with Crippen molar-refractivity contribution in [3.63, 3.8) is 0 Å². The number of aliphatic hydroxyl groups is 5. The van der Waals surface area contributed by atoms with Crippen molar-refractivity contribution < 1.29 is 35.1 Å². The van der Waals surface area contributed by atoms with Crippen molar-refractivity contribution >= 4 is 59.9 Å². The quantitative estimate of drug-likeness (QED) is 0.0579. The Morgan fingerprint density at radius 3 is 2.18 bits per heavy atom. The molecule has 0 spiro atoms. The number of aliphatic hydroxyl groups excluding tert-OH is 5. The SMILES string of the molecule is CCCCCCN(CCNC(=O)c1ccc(CNCC(CNC(=O)c2nc(Cl)c(N)nc2N)Cc2ccccc2C)cc1)C[C@H](O)[C@@H](O)[C@H](O)[C@H](O)CO.Cl.Cl. The third kappa shape index (κ3) is 16.6. The zero-order chi connectivity index (χ0) is 39.6. The molecule has 1 aromatic heterocycles. The summed E-state index contributed by atoms with van der Waals surface area (Å²) in [5.41, 5.74) is 15.2. The molecule has 0 aliphatic heterocycles. The maximum absolute atomic E-state index is 13.0. The summed E-state index contributed by atoms with van der Waals surface area (Å²) in [6, 6.07) is 15.3. The number of aromatic nitrogens is 2. The predicted octanol–water partition coefficient (Wildman–Crippen LogP) is 1.87. The van der Waals surface area contributed by atoms with Crippen LogP contribution >= 0.6 is 36.4 Å². The number of rotatable bonds is 24. The number of carbonyl (C=O) groups is 2. The topological polar surface area (TPSA) is 252 Å². The molecule has 12 N–H and O–H groups in total. The lowest BCUT2D eigenvalue weighted by atomic mass is 9.95. The summed E-state index contributed by atoms with van der Waals surface area (Å²) in [6.07, 6.45) is -1.64. The van der Waals surface area contributed by atoms with Crippen LogP contribution in [0.5, 0.6) is 0 Å². The first-order valence-electron chi connectivity index (χ1n) is 18.4. The number of halogens is 3. The van der Waals surface area contributed by atoms with Crippen LogP contribution in [0.3, 0.4) is 0 Å². The number of aryl methyl sites for hydroxylation is 1. The summed E-state index contributed by atoms with van der Waals surface area (Å²) in [6.45, 7) is 6.12. The second-order valence-electron chi connectivity index (χ2n) is 13.6. The van der Waals surface area contributed by atoms with Gasteiger partial charge in [0, 0.05) is 44.8 Å². The second-order valence-corrected chi connectivity index (χ2v) is 13.9. The monoisotopic (exact) mass is 844 g/mol. The standard InChI is InChI=1S/C38H57ClN8O7.2ClH/c1-3-4-5-8-16-47(22-29(49)32(51)33(52)30(50)23-48)17-15-43-37(53)27-13-11-25(12-14-27)19-42-20-26(18-28-10-7-6-9-24(28)2)21-44-38(54)31-35(40)46-36(41)34(39)45-31;;/h6-7,9-14,26,29-30,32-33,42,48-52H,3-5,8,15-23H2,1-2H3,(H,43,53)(H,44,54)(H4,40,41,46);2*1H/t26?,29-,30+,32+,33+;;/m0../s1. The highest BCUT2D eigenvalue weighted by Gasteiger charge is 2.31. The van der Waals surface area contributed by atoms with Crippen molar-refractivity contribution in [1.29, 1.82) is 0 Å². The highest BCUT2D eigenvalue weighted by molar-refractivity contribution is 6.31. The summed E-state index contributed by atoms with van der Waals surface area (Å²) >= 11 is 5.97. The maximum Gasteiger partial charge on any atom is 0.273 e. The zero-order valence-corrected chi connectivity index (χ0v) is 34.3. The third-order valence-electron chi connectivity index (χ3n) is 9.23. The van der Waals surface area contributed by atoms with Gasteiger partial charge in [0.1, 0.15) is 18.3 Å². The highest BCUT2D eigenvalue weighted by atomic mass is 35.5. The van der Waals surface area contributed by atoms with Crippen LogP contribution in [0.15, 0.2) is 48.5 Å². The molecule has 0 radical (unpaired) electrons. The van der Waals surface area contributed by atoms with Crippen LogP contribution in [-0.4, -0.2) is 123 Å². The lowest BCUT2D eigenvalue weighted by Gasteiger charge is -2.30. The van der Waals surface area contributed by atoms with Crippen molar-refractivity contribution in [1.82, 2.24) is 30.8 Å². The number of benzene rings is 2. The van der Waals surface area contributed by atoms with Crippen molar-refractivity contribution in [2.75, 3.05) is 57.3 Å². The molecule has 2 amide bonds. The molecule has 3 rings (SSSR count). The number of hydrogen-bond donors (Lipinski definition) is 10. The Morgan fingerprint density at radius 2 is 1.52 bits per heavy atom. The van der Waals surface area contributed by atoms with E-state index in [0.717, 1.165) is 42.4 Å². The summed E-state index contributed by atoms with van der Waals surface area (Å²) in [7, 11) is 0. The second kappa shape index (κ2) is 26.5. The number of amides is 2. The van der Waals surface area contributed by atoms with Crippen LogP contribution in [-0.2, 0) is 13.0 Å². The Morgan fingerprint density at radius 1 is 0.839 bits per heavy atom. The fourth-order valence-corrected chi connectivity index (χ4v) is 6.04. The summed E-state index contributed by atoms with van der Waals surface area (Å²) in [4.78, 5) is 35.7. The number of nitrogens with zero attached hydrogens (tertiary/aromatic N) is 3. The lowest BCUT2D eigenvalue weighted by Crippen LogP contribution is -2.50. The first kappa shape index (κ1) is 50.7. The van der Waals surface area contributed by atoms with Crippen LogP contribution in [0.1, 0.15) is 70.1 Å². The molecule has 2 aromatic carbocycles. The van der Waals surface area contributed by atoms with Gasteiger partial charge in [-0.2, -0.15) is 0 Å². The van der Waals surface area contributed by atoms with E-state index in [0.29, 0.717) is 44.7 Å². The van der Waals surface area contributed by atoms with E-state index in [2.05, 4.69) is 38.9 Å². The number of hydrogen-bond acceptors (Lipinski definition) is 13. The number of nitrogen functional groups attached to an aromatic ring is 2. The molecule has 18 heteroatoms. The van der Waals surface area contributed by atoms with Crippen molar-refractivity contribution in [3.05, 3.63) is 81.6 Å². The molecule has 0 fully saturated rings. The van der Waals surface area contributed by atoms with Gasteiger partial charge in [0.05, 0.1) is 12.7 Å². The maximum atomic E-state index is 13.0. The van der Waals surface area contributed by atoms with Gasteiger partial charge in [-0.3, -0.25) is 14.5 Å². The summed E-state index contributed by atoms with van der Waals surface area (Å²) < 4.78 is 0. The van der Waals surface area contributed by atoms with E-state index in [9.17, 15) is 30.0 Å². The molecule has 3 aromatic rings. The molecule has 0 saturated carbocycles. The molecule has 314 valence electrons. The summed E-state index contributed by atoms with van der Waals surface area (Å²) in [5, 5.41) is 58.7. The Bertz CT molecular complexity index is 1610. The minimum atomic E-state index is -1.70. The van der Waals surface area contributed by atoms with Gasteiger partial charge in [0.25, 0.3) is 11.8 Å². The van der Waals surface area contributed by atoms with E-state index < -0.39 is 36.9 Å². The third-order valence-corrected chi connectivity index (χ3v) is 9.51. The molecule has 1 heterocycles. The Hall–Kier alpha value is -3.35. The summed E-state index contributed by atoms with van der Waals surface area (Å²) in [5.74, 6) is -0.916. The normalized spacial score (nSPS) is 13.8. The molecule has 0 bridgehead atoms. The van der Waals surface area contributed by atoms with Crippen LogP contribution < -0.4 is 27.4 Å². The molecular formula is C38H59Cl3N8O7. The number of anilines is 2. The van der Waals surface area contributed by atoms with E-state index in [1.165, 1.54) is 0 Å². The van der Waals surface area contributed by atoms with Gasteiger partial charge in [0.15, 0.2) is 22.5 Å². The van der Waals surface area contributed by atoms with Crippen LogP contribution in [0, 0.1) is 12.8 Å². The fraction of sp³-hybridized carbons (Fsp3) is 0.526. The van der Waals surface area contributed by atoms with Crippen molar-refractivity contribution in [3.8, 4) is 0 Å². The lowest BCUT2D eigenvalue weighted by molar-refractivity contribution is -0.119. The van der Waals surface area contributed by atoms with Gasteiger partial charge in [0.2, 0.25) is 0 Å². The first-order valence-corrected chi connectivity index (χ1v) is 18.8. The van der Waals surface area contributed by atoms with Gasteiger partial charge in [-0.1, -0.05) is 74.2 Å². The molecule has 1 unspecified atom stereocenters. The molecule has 56 heavy (non-hydrogen) atoms. The van der Waals surface area contributed by atoms with Gasteiger partial charge < -0.3 is 53.0 Å². The molecule has 0 saturated heterocycles. The fourth-order valence-electron chi connectivity index (χ4n) is 5.91. The largest absolute Gasteiger partial charge is 0.394 e. The van der Waals surface area contributed by atoms with E-state index >= 15 is 0 Å². The molecule has 0 aliphatic carbocycles. The van der Waals surface area contributed by atoms with Crippen LogP contribution in [0.2, 0.25) is 5.15 Å². The number of unbranched alkanes of at least 4 members (excludes halogenated alkanes) is 3. The molecule has 5 atom stereocenters. The molecule has 15 nitrogen and oxygen atoms in total. The highest BCUT2D eigenvalue weighted by Crippen LogP contribution is 2.18. The number of nitrogens with one attached hydrogen (secondary N) is 3. The van der Waals surface area contributed by atoms with E-state index in [-0.39, 0.29) is 72.2 Å². The Balaban J connectivity index is 0.00000784. The van der Waals surface area contributed by atoms with Gasteiger partial charge in [-0.05, 0) is 61.1 Å². The van der Waals surface area contributed by atoms with Gasteiger partial charge in [-0.25, -0.2) is 9.97 Å². The Labute approximate surface area is 346 Å². The molecular weight excluding hydrogens is 787 g/mol. The van der Waals surface area contributed by atoms with E-state index in [1.807, 2.05) is 42.2 Å². The smallest absolute Gasteiger partial charge is 0.273 e. The van der Waals surface area contributed by atoms with Crippen LogP contribution in [0.25, 0.3) is 0 Å². The average molecular weight is 846 g/mol. The Kier molecular flexibility index (Phi) is 24.0. The first-order chi connectivity index (χ1) is 25.8. The minimum absolute atomic E-state index is 0. The zero-order valence-electron chi connectivity index (χ0n) is 31.9. The number of nitrogens with two attached hydrogens (primary N) is 2. The van der Waals surface area contributed by atoms with Crippen molar-refractivity contribution in [2.24, 2.45) is 5.92 Å². The van der Waals surface area contributed by atoms with Gasteiger partial charge >= 0.3 is 0 Å². The van der Waals surface area contributed by atoms with Crippen molar-refractivity contribution in [2.45, 2.75) is 76.9 Å². The van der Waals surface area contributed by atoms with Crippen LogP contribution in [0.4, 0.5) is 11.6 Å². The molecule has 0 aliphatic rings. The van der Waals surface area contributed by atoms with E-state index in [4.69, 9.17) is 28.2 Å².